The van der Waals surface area contributed by atoms with Crippen LogP contribution < -0.4 is 0 Å². The van der Waals surface area contributed by atoms with Gasteiger partial charge in [-0.05, 0) is 12.1 Å². The number of hydrogen-bond acceptors (Lipinski definition) is 2. The van der Waals surface area contributed by atoms with Crippen LogP contribution in [0.5, 0.6) is 0 Å². The third kappa shape index (κ3) is 1.10. The molecule has 9 heavy (non-hydrogen) atoms. The number of rotatable bonds is 1. The summed E-state index contributed by atoms with van der Waals surface area (Å²) in [6, 6.07) is 3.61. The van der Waals surface area contributed by atoms with Crippen molar-refractivity contribution < 1.29 is 4.74 Å². The van der Waals surface area contributed by atoms with Crippen molar-refractivity contribution in [1.82, 2.24) is 4.98 Å². The van der Waals surface area contributed by atoms with E-state index in [-0.39, 0.29) is 5.90 Å². The van der Waals surface area contributed by atoms with Gasteiger partial charge >= 0.3 is 0 Å². The molecule has 1 rings (SSSR count). The maximum Gasteiger partial charge on any atom is 0.229 e. The van der Waals surface area contributed by atoms with Crippen LogP contribution in [0.3, 0.4) is 0 Å². The van der Waals surface area contributed by atoms with Gasteiger partial charge in [0.15, 0.2) is 0 Å². The van der Waals surface area contributed by atoms with Crippen LogP contribution in [-0.2, 0) is 4.74 Å². The molecule has 0 saturated heterocycles. The maximum atomic E-state index is 7.14. The van der Waals surface area contributed by atoms with Crippen LogP contribution in [0, 0.1) is 5.41 Å². The Morgan fingerprint density at radius 1 is 1.78 bits per heavy atom. The fraction of sp³-hybridized carbons (Fsp3) is 0.167. The minimum Gasteiger partial charge on any atom is -0.480 e. The molecule has 0 amide bonds. The Morgan fingerprint density at radius 3 is 3.00 bits per heavy atom. The lowest BCUT2D eigenvalue weighted by Gasteiger charge is -1.95. The number of methoxy groups -OCH3 is 1. The Labute approximate surface area is 53.2 Å². The van der Waals surface area contributed by atoms with Crippen molar-refractivity contribution in [3.8, 4) is 0 Å². The molecular weight excluding hydrogens is 116 g/mol. The lowest BCUT2D eigenvalue weighted by Crippen LogP contribution is -2.00. The second-order valence-electron chi connectivity index (χ2n) is 1.62. The molecule has 0 unspecified atom stereocenters. The summed E-state index contributed by atoms with van der Waals surface area (Å²) in [5.74, 6) is 0.167. The predicted molar refractivity (Wildman–Crippen MR) is 34.6 cm³/mol. The zero-order valence-electron chi connectivity index (χ0n) is 5.14. The van der Waals surface area contributed by atoms with E-state index in [2.05, 4.69) is 9.72 Å². The van der Waals surface area contributed by atoms with Crippen LogP contribution in [0.2, 0.25) is 0 Å². The lowest BCUT2D eigenvalue weighted by atomic mass is 10.4. The van der Waals surface area contributed by atoms with E-state index < -0.39 is 0 Å². The van der Waals surface area contributed by atoms with E-state index in [0.717, 1.165) is 0 Å². The molecule has 0 aliphatic rings. The van der Waals surface area contributed by atoms with Crippen LogP contribution in [0.25, 0.3) is 0 Å². The van der Waals surface area contributed by atoms with Crippen molar-refractivity contribution >= 4 is 5.90 Å². The molecule has 0 saturated carbocycles. The first-order valence-corrected chi connectivity index (χ1v) is 2.61. The van der Waals surface area contributed by atoms with Crippen molar-refractivity contribution in [1.29, 1.82) is 5.41 Å². The monoisotopic (exact) mass is 124 g/mol. The molecule has 3 nitrogen and oxygen atoms in total. The standard InChI is InChI=1S/C6H8N2O/c1-9-6(7)5-3-2-4-8-5/h2-4,7-8H,1H3. The van der Waals surface area contributed by atoms with E-state index in [4.69, 9.17) is 5.41 Å². The number of hydrogen-bond donors (Lipinski definition) is 2. The fourth-order valence-corrected chi connectivity index (χ4v) is 0.582. The summed E-state index contributed by atoms with van der Waals surface area (Å²) in [5.41, 5.74) is 0.706. The number of H-pyrrole nitrogens is 1. The predicted octanol–water partition coefficient (Wildman–Crippen LogP) is 0.986. The van der Waals surface area contributed by atoms with Crippen molar-refractivity contribution in [2.24, 2.45) is 0 Å². The lowest BCUT2D eigenvalue weighted by molar-refractivity contribution is 0.400. The first kappa shape index (κ1) is 5.88. The molecule has 0 radical (unpaired) electrons. The molecule has 48 valence electrons. The summed E-state index contributed by atoms with van der Waals surface area (Å²) in [4.78, 5) is 2.84. The van der Waals surface area contributed by atoms with E-state index in [1.165, 1.54) is 7.11 Å². The summed E-state index contributed by atoms with van der Waals surface area (Å²) in [7, 11) is 1.48. The number of nitrogens with one attached hydrogen (secondary N) is 2. The quantitative estimate of drug-likeness (QED) is 0.425. The van der Waals surface area contributed by atoms with Gasteiger partial charge in [-0.15, -0.1) is 0 Å². The van der Waals surface area contributed by atoms with E-state index >= 15 is 0 Å². The highest BCUT2D eigenvalue weighted by atomic mass is 16.5. The second kappa shape index (κ2) is 2.35. The molecule has 1 aromatic rings. The largest absolute Gasteiger partial charge is 0.480 e. The smallest absolute Gasteiger partial charge is 0.229 e. The number of aromatic nitrogens is 1. The Balaban J connectivity index is 2.77. The first-order chi connectivity index (χ1) is 4.34. The van der Waals surface area contributed by atoms with Crippen molar-refractivity contribution in [3.05, 3.63) is 24.0 Å². The average Bonchev–Trinajstić information content (AvgIpc) is 2.37. The van der Waals surface area contributed by atoms with E-state index in [0.29, 0.717) is 5.69 Å². The molecule has 0 atom stereocenters. The average molecular weight is 124 g/mol. The second-order valence-corrected chi connectivity index (χ2v) is 1.62. The zero-order chi connectivity index (χ0) is 6.69. The van der Waals surface area contributed by atoms with Gasteiger partial charge in [0.25, 0.3) is 0 Å². The summed E-state index contributed by atoms with van der Waals surface area (Å²) in [6.07, 6.45) is 1.75. The Hall–Kier alpha value is -1.25. The van der Waals surface area contributed by atoms with Crippen LogP contribution >= 0.6 is 0 Å². The molecule has 0 bridgehead atoms. The SMILES string of the molecule is COC(=N)c1ccc[nH]1. The highest BCUT2D eigenvalue weighted by Crippen LogP contribution is 1.94. The van der Waals surface area contributed by atoms with Gasteiger partial charge < -0.3 is 9.72 Å². The third-order valence-electron chi connectivity index (χ3n) is 1.05. The number of aromatic amines is 1. The van der Waals surface area contributed by atoms with Crippen LogP contribution in [0.4, 0.5) is 0 Å². The molecular formula is C6H8N2O. The van der Waals surface area contributed by atoms with Crippen LogP contribution in [0.1, 0.15) is 5.69 Å². The number of ether oxygens (including phenoxy) is 1. The van der Waals surface area contributed by atoms with Gasteiger partial charge in [-0.3, -0.25) is 5.41 Å². The summed E-state index contributed by atoms with van der Waals surface area (Å²) in [5, 5.41) is 7.14. The van der Waals surface area contributed by atoms with E-state index in [1.54, 1.807) is 12.3 Å². The van der Waals surface area contributed by atoms with Gasteiger partial charge in [0, 0.05) is 6.20 Å². The molecule has 0 spiro atoms. The fourth-order valence-electron chi connectivity index (χ4n) is 0.582. The highest BCUT2D eigenvalue weighted by molar-refractivity contribution is 5.89. The molecule has 0 aliphatic carbocycles. The van der Waals surface area contributed by atoms with Gasteiger partial charge in [-0.1, -0.05) is 0 Å². The van der Waals surface area contributed by atoms with Gasteiger partial charge in [0.05, 0.1) is 7.11 Å². The van der Waals surface area contributed by atoms with Gasteiger partial charge in [0.2, 0.25) is 5.90 Å². The Morgan fingerprint density at radius 2 is 2.56 bits per heavy atom. The maximum absolute atomic E-state index is 7.14. The minimum atomic E-state index is 0.167. The molecule has 1 heterocycles. The van der Waals surface area contributed by atoms with Crippen molar-refractivity contribution in [2.75, 3.05) is 7.11 Å². The third-order valence-corrected chi connectivity index (χ3v) is 1.05. The summed E-state index contributed by atoms with van der Waals surface area (Å²) in [6.45, 7) is 0. The van der Waals surface area contributed by atoms with E-state index in [9.17, 15) is 0 Å². The molecule has 2 N–H and O–H groups in total. The summed E-state index contributed by atoms with van der Waals surface area (Å²) >= 11 is 0. The minimum absolute atomic E-state index is 0.167. The Kier molecular flexibility index (Phi) is 1.53. The van der Waals surface area contributed by atoms with Gasteiger partial charge in [0.1, 0.15) is 5.69 Å². The molecule has 3 heteroatoms. The van der Waals surface area contributed by atoms with Crippen molar-refractivity contribution in [2.45, 2.75) is 0 Å². The van der Waals surface area contributed by atoms with E-state index in [1.807, 2.05) is 6.07 Å². The van der Waals surface area contributed by atoms with Crippen LogP contribution in [-0.4, -0.2) is 18.0 Å². The highest BCUT2D eigenvalue weighted by Gasteiger charge is 1.97. The Bertz CT molecular complexity index is 191. The normalized spacial score (nSPS) is 9.00. The molecule has 0 aromatic carbocycles. The van der Waals surface area contributed by atoms with Gasteiger partial charge in [-0.25, -0.2) is 0 Å². The first-order valence-electron chi connectivity index (χ1n) is 2.61. The molecule has 0 aliphatic heterocycles. The molecule has 1 aromatic heterocycles. The topological polar surface area (TPSA) is 48.9 Å². The zero-order valence-corrected chi connectivity index (χ0v) is 5.14. The summed E-state index contributed by atoms with van der Waals surface area (Å²) < 4.78 is 4.65. The molecule has 0 fully saturated rings. The van der Waals surface area contributed by atoms with Crippen molar-refractivity contribution in [3.63, 3.8) is 0 Å². The van der Waals surface area contributed by atoms with Gasteiger partial charge in [-0.2, -0.15) is 0 Å². The van der Waals surface area contributed by atoms with Crippen LogP contribution in [0.15, 0.2) is 18.3 Å².